The van der Waals surface area contributed by atoms with E-state index in [1.165, 1.54) is 0 Å². The smallest absolute Gasteiger partial charge is 0.314 e. The number of carbonyl (C=O) groups is 2. The van der Waals surface area contributed by atoms with Gasteiger partial charge in [-0.05, 0) is 46.7 Å². The van der Waals surface area contributed by atoms with Crippen LogP contribution in [0.4, 0.5) is 4.79 Å². The number of carboxylic acid groups (broad SMARTS) is 1. The van der Waals surface area contributed by atoms with E-state index in [9.17, 15) is 9.59 Å². The lowest BCUT2D eigenvalue weighted by Crippen LogP contribution is -2.38. The summed E-state index contributed by atoms with van der Waals surface area (Å²) in [7, 11) is 2.06. The Labute approximate surface area is 115 Å². The van der Waals surface area contributed by atoms with Crippen LogP contribution in [0.2, 0.25) is 0 Å². The number of carboxylic acids is 1. The Balaban J connectivity index is 3.37. The molecular weight excluding hydrogens is 246 g/mol. The first-order chi connectivity index (χ1) is 8.93. The summed E-state index contributed by atoms with van der Waals surface area (Å²) in [6.45, 7) is 6.40. The molecule has 3 N–H and O–H groups in total. The zero-order valence-corrected chi connectivity index (χ0v) is 12.2. The van der Waals surface area contributed by atoms with E-state index in [1.54, 1.807) is 0 Å². The normalized spacial score (nSPS) is 10.8. The molecule has 0 radical (unpaired) electrons. The standard InChI is InChI=1S/C13H27N3O3/c1-11(2)16(3)10-6-9-15-13(19)14-8-5-4-7-12(17)18/h11H,4-10H2,1-3H3,(H,17,18)(H2,14,15,19). The van der Waals surface area contributed by atoms with Crippen LogP contribution in [0.1, 0.15) is 39.5 Å². The van der Waals surface area contributed by atoms with E-state index < -0.39 is 5.97 Å². The van der Waals surface area contributed by atoms with E-state index in [2.05, 4.69) is 36.4 Å². The summed E-state index contributed by atoms with van der Waals surface area (Å²) in [6, 6.07) is 0.339. The number of carbonyl (C=O) groups excluding carboxylic acids is 1. The Morgan fingerprint density at radius 3 is 2.21 bits per heavy atom. The van der Waals surface area contributed by atoms with Gasteiger partial charge in [0.05, 0.1) is 0 Å². The second kappa shape index (κ2) is 10.6. The maximum absolute atomic E-state index is 11.4. The minimum atomic E-state index is -0.793. The van der Waals surface area contributed by atoms with Gasteiger partial charge in [0.25, 0.3) is 0 Å². The molecule has 0 aromatic carbocycles. The lowest BCUT2D eigenvalue weighted by atomic mass is 10.2. The minimum absolute atomic E-state index is 0.158. The average molecular weight is 273 g/mol. The third-order valence-electron chi connectivity index (χ3n) is 2.96. The van der Waals surface area contributed by atoms with Gasteiger partial charge in [-0.2, -0.15) is 0 Å². The van der Waals surface area contributed by atoms with Crippen LogP contribution in [-0.4, -0.2) is 54.7 Å². The van der Waals surface area contributed by atoms with Crippen LogP contribution in [-0.2, 0) is 4.79 Å². The lowest BCUT2D eigenvalue weighted by molar-refractivity contribution is -0.137. The second-order valence-corrected chi connectivity index (χ2v) is 4.96. The number of aliphatic carboxylic acids is 1. The monoisotopic (exact) mass is 273 g/mol. The highest BCUT2D eigenvalue weighted by Crippen LogP contribution is 1.94. The second-order valence-electron chi connectivity index (χ2n) is 4.96. The van der Waals surface area contributed by atoms with Crippen molar-refractivity contribution >= 4 is 12.0 Å². The molecule has 0 rings (SSSR count). The summed E-state index contributed by atoms with van der Waals surface area (Å²) in [4.78, 5) is 23.9. The van der Waals surface area contributed by atoms with Crippen molar-refractivity contribution in [3.8, 4) is 0 Å². The molecule has 0 aliphatic carbocycles. The molecule has 0 aromatic heterocycles. The van der Waals surface area contributed by atoms with Crippen molar-refractivity contribution in [2.24, 2.45) is 0 Å². The third-order valence-corrected chi connectivity index (χ3v) is 2.96. The summed E-state index contributed by atoms with van der Waals surface area (Å²) < 4.78 is 0. The number of amides is 2. The Morgan fingerprint density at radius 2 is 1.68 bits per heavy atom. The number of hydrogen-bond donors (Lipinski definition) is 3. The number of hydrogen-bond acceptors (Lipinski definition) is 3. The van der Waals surface area contributed by atoms with Crippen LogP contribution >= 0.6 is 0 Å². The Bertz CT molecular complexity index is 270. The molecule has 6 heteroatoms. The average Bonchev–Trinajstić information content (AvgIpc) is 2.33. The maximum atomic E-state index is 11.4. The van der Waals surface area contributed by atoms with Crippen molar-refractivity contribution in [3.05, 3.63) is 0 Å². The summed E-state index contributed by atoms with van der Waals surface area (Å²) in [5, 5.41) is 13.9. The molecule has 0 saturated heterocycles. The van der Waals surface area contributed by atoms with E-state index in [-0.39, 0.29) is 12.5 Å². The molecule has 0 aliphatic rings. The van der Waals surface area contributed by atoms with E-state index >= 15 is 0 Å². The number of nitrogens with zero attached hydrogens (tertiary/aromatic N) is 1. The predicted octanol–water partition coefficient (Wildman–Crippen LogP) is 1.27. The largest absolute Gasteiger partial charge is 0.481 e. The van der Waals surface area contributed by atoms with E-state index in [4.69, 9.17) is 5.11 Å². The molecule has 0 fully saturated rings. The van der Waals surface area contributed by atoms with Gasteiger partial charge in [0.1, 0.15) is 0 Å². The number of nitrogens with one attached hydrogen (secondary N) is 2. The first-order valence-electron chi connectivity index (χ1n) is 6.87. The fraction of sp³-hybridized carbons (Fsp3) is 0.846. The SMILES string of the molecule is CC(C)N(C)CCCNC(=O)NCCCCC(=O)O. The molecule has 0 saturated carbocycles. The fourth-order valence-electron chi connectivity index (χ4n) is 1.45. The van der Waals surface area contributed by atoms with Gasteiger partial charge in [-0.1, -0.05) is 0 Å². The Kier molecular flexibility index (Phi) is 9.88. The predicted molar refractivity (Wildman–Crippen MR) is 75.3 cm³/mol. The van der Waals surface area contributed by atoms with Crippen molar-refractivity contribution in [3.63, 3.8) is 0 Å². The van der Waals surface area contributed by atoms with Crippen molar-refractivity contribution in [1.82, 2.24) is 15.5 Å². The number of rotatable bonds is 10. The molecule has 0 atom stereocenters. The van der Waals surface area contributed by atoms with Gasteiger partial charge in [-0.3, -0.25) is 4.79 Å². The molecule has 0 spiro atoms. The Morgan fingerprint density at radius 1 is 1.11 bits per heavy atom. The van der Waals surface area contributed by atoms with Crippen LogP contribution in [0.3, 0.4) is 0 Å². The van der Waals surface area contributed by atoms with Crippen molar-refractivity contribution in [2.75, 3.05) is 26.7 Å². The van der Waals surface area contributed by atoms with Gasteiger partial charge < -0.3 is 20.6 Å². The van der Waals surface area contributed by atoms with Crippen LogP contribution in [0, 0.1) is 0 Å². The zero-order chi connectivity index (χ0) is 14.7. The van der Waals surface area contributed by atoms with Gasteiger partial charge in [0.15, 0.2) is 0 Å². The van der Waals surface area contributed by atoms with Crippen LogP contribution in [0.25, 0.3) is 0 Å². The summed E-state index contributed by atoms with van der Waals surface area (Å²) in [5.74, 6) is -0.793. The van der Waals surface area contributed by atoms with E-state index in [0.717, 1.165) is 13.0 Å². The molecular formula is C13H27N3O3. The molecule has 6 nitrogen and oxygen atoms in total. The highest BCUT2D eigenvalue weighted by molar-refractivity contribution is 5.73. The zero-order valence-electron chi connectivity index (χ0n) is 12.2. The lowest BCUT2D eigenvalue weighted by Gasteiger charge is -2.20. The molecule has 2 amide bonds. The van der Waals surface area contributed by atoms with E-state index in [0.29, 0.717) is 32.0 Å². The topological polar surface area (TPSA) is 81.7 Å². The van der Waals surface area contributed by atoms with Gasteiger partial charge in [0, 0.05) is 25.6 Å². The molecule has 0 bridgehead atoms. The first-order valence-corrected chi connectivity index (χ1v) is 6.87. The maximum Gasteiger partial charge on any atom is 0.314 e. The van der Waals surface area contributed by atoms with Gasteiger partial charge in [-0.25, -0.2) is 4.79 Å². The van der Waals surface area contributed by atoms with Crippen LogP contribution < -0.4 is 10.6 Å². The highest BCUT2D eigenvalue weighted by atomic mass is 16.4. The summed E-state index contributed by atoms with van der Waals surface area (Å²) in [5.41, 5.74) is 0. The van der Waals surface area contributed by atoms with Crippen LogP contribution in [0.15, 0.2) is 0 Å². The molecule has 0 heterocycles. The molecule has 0 unspecified atom stereocenters. The fourth-order valence-corrected chi connectivity index (χ4v) is 1.45. The number of urea groups is 1. The minimum Gasteiger partial charge on any atom is -0.481 e. The van der Waals surface area contributed by atoms with Crippen molar-refractivity contribution in [2.45, 2.75) is 45.6 Å². The molecule has 0 aliphatic heterocycles. The third kappa shape index (κ3) is 11.5. The molecule has 19 heavy (non-hydrogen) atoms. The number of unbranched alkanes of at least 4 members (excludes halogenated alkanes) is 1. The summed E-state index contributed by atoms with van der Waals surface area (Å²) in [6.07, 6.45) is 2.36. The van der Waals surface area contributed by atoms with Crippen LogP contribution in [0.5, 0.6) is 0 Å². The first kappa shape index (κ1) is 17.7. The Hall–Kier alpha value is -1.30. The quantitative estimate of drug-likeness (QED) is 0.524. The van der Waals surface area contributed by atoms with Crippen molar-refractivity contribution in [1.29, 1.82) is 0 Å². The van der Waals surface area contributed by atoms with E-state index in [1.807, 2.05) is 0 Å². The van der Waals surface area contributed by atoms with Gasteiger partial charge >= 0.3 is 12.0 Å². The molecule has 112 valence electrons. The summed E-state index contributed by atoms with van der Waals surface area (Å²) >= 11 is 0. The van der Waals surface area contributed by atoms with Gasteiger partial charge in [0.2, 0.25) is 0 Å². The van der Waals surface area contributed by atoms with Gasteiger partial charge in [-0.15, -0.1) is 0 Å². The molecule has 0 aromatic rings. The highest BCUT2D eigenvalue weighted by Gasteiger charge is 2.03. The van der Waals surface area contributed by atoms with Crippen molar-refractivity contribution < 1.29 is 14.7 Å².